The van der Waals surface area contributed by atoms with Crippen LogP contribution in [0.25, 0.3) is 0 Å². The lowest BCUT2D eigenvalue weighted by Crippen LogP contribution is -2.49. The Labute approximate surface area is 127 Å². The fourth-order valence-electron chi connectivity index (χ4n) is 3.13. The zero-order chi connectivity index (χ0) is 13.8. The molecular formula is C14H26ClN3O2. The largest absolute Gasteiger partial charge is 0.341 e. The number of hydrogen-bond donors (Lipinski definition) is 1. The number of hydrogen-bond acceptors (Lipinski definition) is 3. The number of nitrogens with one attached hydrogen (secondary N) is 1. The standard InChI is InChI=1S/C14H25N3O2.ClH/c1-3-16(4-2)14(19)12-6-5-9-17(12)13(18)11-7-8-15-10-11;/h11-12,15H,3-10H2,1-2H3;1H. The van der Waals surface area contributed by atoms with Crippen LogP contribution in [0.3, 0.4) is 0 Å². The van der Waals surface area contributed by atoms with Crippen molar-refractivity contribution in [1.82, 2.24) is 15.1 Å². The Morgan fingerprint density at radius 2 is 1.95 bits per heavy atom. The highest BCUT2D eigenvalue weighted by atomic mass is 35.5. The molecule has 2 heterocycles. The van der Waals surface area contributed by atoms with E-state index in [0.29, 0.717) is 0 Å². The molecule has 2 saturated heterocycles. The van der Waals surface area contributed by atoms with E-state index >= 15 is 0 Å². The lowest BCUT2D eigenvalue weighted by Gasteiger charge is -2.30. The lowest BCUT2D eigenvalue weighted by atomic mass is 10.1. The first-order valence-corrected chi connectivity index (χ1v) is 7.49. The van der Waals surface area contributed by atoms with E-state index in [4.69, 9.17) is 0 Å². The van der Waals surface area contributed by atoms with E-state index in [1.807, 2.05) is 23.6 Å². The molecule has 6 heteroatoms. The van der Waals surface area contributed by atoms with Gasteiger partial charge in [-0.2, -0.15) is 0 Å². The first-order valence-electron chi connectivity index (χ1n) is 7.49. The van der Waals surface area contributed by atoms with Crippen molar-refractivity contribution in [3.63, 3.8) is 0 Å². The fraction of sp³-hybridized carbons (Fsp3) is 0.857. The van der Waals surface area contributed by atoms with Crippen LogP contribution in [0.4, 0.5) is 0 Å². The Kier molecular flexibility index (Phi) is 6.76. The molecule has 116 valence electrons. The van der Waals surface area contributed by atoms with Gasteiger partial charge in [0.1, 0.15) is 6.04 Å². The van der Waals surface area contributed by atoms with Crippen molar-refractivity contribution in [2.75, 3.05) is 32.7 Å². The molecule has 0 bridgehead atoms. The van der Waals surface area contributed by atoms with Gasteiger partial charge in [-0.1, -0.05) is 0 Å². The molecule has 2 amide bonds. The summed E-state index contributed by atoms with van der Waals surface area (Å²) >= 11 is 0. The first-order chi connectivity index (χ1) is 9.19. The van der Waals surface area contributed by atoms with Crippen molar-refractivity contribution >= 4 is 24.2 Å². The van der Waals surface area contributed by atoms with Crippen LogP contribution < -0.4 is 5.32 Å². The maximum absolute atomic E-state index is 12.5. The summed E-state index contributed by atoms with van der Waals surface area (Å²) in [4.78, 5) is 28.6. The maximum Gasteiger partial charge on any atom is 0.245 e. The molecule has 0 spiro atoms. The topological polar surface area (TPSA) is 52.7 Å². The van der Waals surface area contributed by atoms with Gasteiger partial charge in [-0.3, -0.25) is 9.59 Å². The summed E-state index contributed by atoms with van der Waals surface area (Å²) < 4.78 is 0. The summed E-state index contributed by atoms with van der Waals surface area (Å²) in [6.45, 7) is 7.85. The van der Waals surface area contributed by atoms with Gasteiger partial charge < -0.3 is 15.1 Å². The van der Waals surface area contributed by atoms with Crippen LogP contribution in [0, 0.1) is 5.92 Å². The summed E-state index contributed by atoms with van der Waals surface area (Å²) in [5, 5.41) is 3.22. The number of carbonyl (C=O) groups is 2. The van der Waals surface area contributed by atoms with Gasteiger partial charge in [0.15, 0.2) is 0 Å². The summed E-state index contributed by atoms with van der Waals surface area (Å²) in [5.74, 6) is 0.375. The molecule has 5 nitrogen and oxygen atoms in total. The van der Waals surface area contributed by atoms with Crippen molar-refractivity contribution in [1.29, 1.82) is 0 Å². The molecule has 0 radical (unpaired) electrons. The highest BCUT2D eigenvalue weighted by Gasteiger charge is 2.38. The normalized spacial score (nSPS) is 25.4. The van der Waals surface area contributed by atoms with Crippen LogP contribution in [-0.4, -0.2) is 60.4 Å². The molecule has 2 aliphatic rings. The molecule has 2 rings (SSSR count). The van der Waals surface area contributed by atoms with E-state index in [-0.39, 0.29) is 36.2 Å². The van der Waals surface area contributed by atoms with Gasteiger partial charge in [0.25, 0.3) is 0 Å². The number of amides is 2. The molecule has 0 aliphatic carbocycles. The highest BCUT2D eigenvalue weighted by molar-refractivity contribution is 5.89. The predicted molar refractivity (Wildman–Crippen MR) is 80.9 cm³/mol. The van der Waals surface area contributed by atoms with Crippen LogP contribution in [-0.2, 0) is 9.59 Å². The number of halogens is 1. The highest BCUT2D eigenvalue weighted by Crippen LogP contribution is 2.23. The van der Waals surface area contributed by atoms with E-state index in [2.05, 4.69) is 5.32 Å². The zero-order valence-electron chi connectivity index (χ0n) is 12.4. The van der Waals surface area contributed by atoms with E-state index < -0.39 is 0 Å². The van der Waals surface area contributed by atoms with Crippen LogP contribution in [0.2, 0.25) is 0 Å². The summed E-state index contributed by atoms with van der Waals surface area (Å²) in [5.41, 5.74) is 0. The summed E-state index contributed by atoms with van der Waals surface area (Å²) in [7, 11) is 0. The Hall–Kier alpha value is -0.810. The van der Waals surface area contributed by atoms with E-state index in [1.54, 1.807) is 0 Å². The average molecular weight is 304 g/mol. The molecule has 0 saturated carbocycles. The smallest absolute Gasteiger partial charge is 0.245 e. The zero-order valence-corrected chi connectivity index (χ0v) is 13.2. The minimum Gasteiger partial charge on any atom is -0.341 e. The second kappa shape index (κ2) is 7.84. The van der Waals surface area contributed by atoms with Crippen LogP contribution in [0.1, 0.15) is 33.1 Å². The molecule has 1 N–H and O–H groups in total. The quantitative estimate of drug-likeness (QED) is 0.839. The second-order valence-electron chi connectivity index (χ2n) is 5.39. The van der Waals surface area contributed by atoms with E-state index in [9.17, 15) is 9.59 Å². The van der Waals surface area contributed by atoms with Crippen molar-refractivity contribution in [3.8, 4) is 0 Å². The number of nitrogens with zero attached hydrogens (tertiary/aromatic N) is 2. The molecule has 0 aromatic heterocycles. The molecule has 20 heavy (non-hydrogen) atoms. The van der Waals surface area contributed by atoms with Gasteiger partial charge in [0.05, 0.1) is 5.92 Å². The minimum absolute atomic E-state index is 0. The summed E-state index contributed by atoms with van der Waals surface area (Å²) in [6.07, 6.45) is 2.67. The fourth-order valence-corrected chi connectivity index (χ4v) is 3.13. The minimum atomic E-state index is -0.215. The van der Waals surface area contributed by atoms with Gasteiger partial charge in [0.2, 0.25) is 11.8 Å². The number of likely N-dealkylation sites (tertiary alicyclic amines) is 1. The number of likely N-dealkylation sites (N-methyl/N-ethyl adjacent to an activating group) is 1. The lowest BCUT2D eigenvalue weighted by molar-refractivity contribution is -0.145. The molecule has 2 fully saturated rings. The van der Waals surface area contributed by atoms with E-state index in [0.717, 1.165) is 52.0 Å². The van der Waals surface area contributed by atoms with Crippen molar-refractivity contribution in [2.24, 2.45) is 5.92 Å². The molecule has 2 unspecified atom stereocenters. The van der Waals surface area contributed by atoms with Gasteiger partial charge in [-0.25, -0.2) is 0 Å². The monoisotopic (exact) mass is 303 g/mol. The van der Waals surface area contributed by atoms with Gasteiger partial charge in [-0.05, 0) is 39.7 Å². The van der Waals surface area contributed by atoms with E-state index in [1.165, 1.54) is 0 Å². The van der Waals surface area contributed by atoms with Crippen molar-refractivity contribution < 1.29 is 9.59 Å². The molecule has 0 aromatic rings. The van der Waals surface area contributed by atoms with Gasteiger partial charge >= 0.3 is 0 Å². The molecular weight excluding hydrogens is 278 g/mol. The Morgan fingerprint density at radius 1 is 1.25 bits per heavy atom. The first kappa shape index (κ1) is 17.2. The van der Waals surface area contributed by atoms with Crippen LogP contribution in [0.15, 0.2) is 0 Å². The predicted octanol–water partition coefficient (Wildman–Crippen LogP) is 0.877. The number of rotatable bonds is 4. The third-order valence-electron chi connectivity index (χ3n) is 4.31. The number of carbonyl (C=O) groups excluding carboxylic acids is 2. The second-order valence-corrected chi connectivity index (χ2v) is 5.39. The Balaban J connectivity index is 0.00000200. The average Bonchev–Trinajstić information content (AvgIpc) is 3.10. The molecule has 2 atom stereocenters. The summed E-state index contributed by atoms with van der Waals surface area (Å²) in [6, 6.07) is -0.215. The maximum atomic E-state index is 12.5. The van der Waals surface area contributed by atoms with Gasteiger partial charge in [0, 0.05) is 26.2 Å². The van der Waals surface area contributed by atoms with Crippen LogP contribution in [0.5, 0.6) is 0 Å². The molecule has 2 aliphatic heterocycles. The molecule has 0 aromatic carbocycles. The van der Waals surface area contributed by atoms with Gasteiger partial charge in [-0.15, -0.1) is 12.4 Å². The van der Waals surface area contributed by atoms with Crippen molar-refractivity contribution in [2.45, 2.75) is 39.2 Å². The SMILES string of the molecule is CCN(CC)C(=O)C1CCCN1C(=O)C1CCNC1.Cl. The van der Waals surface area contributed by atoms with Crippen molar-refractivity contribution in [3.05, 3.63) is 0 Å². The third-order valence-corrected chi connectivity index (χ3v) is 4.31. The van der Waals surface area contributed by atoms with Crippen LogP contribution >= 0.6 is 12.4 Å². The Morgan fingerprint density at radius 3 is 2.50 bits per heavy atom. The Bertz CT molecular complexity index is 321. The third kappa shape index (κ3) is 3.44.